The maximum absolute atomic E-state index is 13.2. The highest BCUT2D eigenvalue weighted by atomic mass is 35.5. The van der Waals surface area contributed by atoms with Crippen molar-refractivity contribution in [1.82, 2.24) is 19.5 Å². The summed E-state index contributed by atoms with van der Waals surface area (Å²) < 4.78 is 15.2. The summed E-state index contributed by atoms with van der Waals surface area (Å²) >= 11 is 7.77. The third-order valence-electron chi connectivity index (χ3n) is 4.90. The number of aryl methyl sites for hydroxylation is 2. The lowest BCUT2D eigenvalue weighted by molar-refractivity contribution is 0.595. The Morgan fingerprint density at radius 3 is 2.47 bits per heavy atom. The quantitative estimate of drug-likeness (QED) is 0.271. The van der Waals surface area contributed by atoms with E-state index < -0.39 is 0 Å². The van der Waals surface area contributed by atoms with Crippen LogP contribution < -0.4 is 5.56 Å². The molecule has 162 valence electrons. The van der Waals surface area contributed by atoms with E-state index in [9.17, 15) is 9.18 Å². The fourth-order valence-corrected chi connectivity index (χ4v) is 4.41. The molecule has 0 atom stereocenters. The summed E-state index contributed by atoms with van der Waals surface area (Å²) in [5, 5.41) is 1.32. The van der Waals surface area contributed by atoms with Crippen LogP contribution in [-0.4, -0.2) is 19.5 Å². The zero-order valence-electron chi connectivity index (χ0n) is 17.1. The van der Waals surface area contributed by atoms with Crippen LogP contribution in [0, 0.1) is 5.82 Å². The predicted octanol–water partition coefficient (Wildman–Crippen LogP) is 4.95. The molecule has 0 N–H and O–H groups in total. The van der Waals surface area contributed by atoms with E-state index in [1.807, 2.05) is 35.0 Å². The van der Waals surface area contributed by atoms with Crippen LogP contribution in [0.4, 0.5) is 4.39 Å². The minimum absolute atomic E-state index is 0.274. The zero-order valence-corrected chi connectivity index (χ0v) is 18.7. The lowest BCUT2D eigenvalue weighted by Gasteiger charge is -2.14. The van der Waals surface area contributed by atoms with Crippen LogP contribution in [0.15, 0.2) is 83.4 Å². The van der Waals surface area contributed by atoms with Gasteiger partial charge in [-0.3, -0.25) is 4.79 Å². The molecule has 0 saturated carbocycles. The van der Waals surface area contributed by atoms with Gasteiger partial charge < -0.3 is 4.57 Å². The Kier molecular flexibility index (Phi) is 7.29. The molecule has 32 heavy (non-hydrogen) atoms. The average Bonchev–Trinajstić information content (AvgIpc) is 2.81. The summed E-state index contributed by atoms with van der Waals surface area (Å²) in [6.07, 6.45) is 7.80. The number of nitrogens with zero attached hydrogens (tertiary/aromatic N) is 4. The van der Waals surface area contributed by atoms with Gasteiger partial charge in [0.1, 0.15) is 12.1 Å². The first-order chi connectivity index (χ1) is 15.6. The molecule has 8 heteroatoms. The van der Waals surface area contributed by atoms with E-state index in [0.717, 1.165) is 16.7 Å². The van der Waals surface area contributed by atoms with E-state index in [1.165, 1.54) is 30.2 Å². The first kappa shape index (κ1) is 22.2. The van der Waals surface area contributed by atoms with E-state index in [2.05, 4.69) is 15.0 Å². The Bertz CT molecular complexity index is 1250. The van der Waals surface area contributed by atoms with Gasteiger partial charge in [0.05, 0.1) is 0 Å². The van der Waals surface area contributed by atoms with Gasteiger partial charge in [0, 0.05) is 47.9 Å². The normalized spacial score (nSPS) is 10.9. The third kappa shape index (κ3) is 5.81. The van der Waals surface area contributed by atoms with Gasteiger partial charge in [0.25, 0.3) is 5.56 Å². The third-order valence-corrected chi connectivity index (χ3v) is 6.33. The van der Waals surface area contributed by atoms with Crippen molar-refractivity contribution in [3.05, 3.63) is 117 Å². The zero-order chi connectivity index (χ0) is 22.3. The van der Waals surface area contributed by atoms with Crippen molar-refractivity contribution in [2.75, 3.05) is 0 Å². The Hall–Kier alpha value is -3.03. The molecule has 0 radical (unpaired) electrons. The van der Waals surface area contributed by atoms with Crippen molar-refractivity contribution in [3.63, 3.8) is 0 Å². The first-order valence-corrected chi connectivity index (χ1v) is 11.4. The van der Waals surface area contributed by atoms with Crippen LogP contribution in [0.25, 0.3) is 0 Å². The van der Waals surface area contributed by atoms with Crippen molar-refractivity contribution >= 4 is 23.4 Å². The Labute approximate surface area is 194 Å². The highest BCUT2D eigenvalue weighted by Gasteiger charge is 2.12. The topological polar surface area (TPSA) is 60.7 Å². The molecule has 5 nitrogen and oxygen atoms in total. The lowest BCUT2D eigenvalue weighted by atomic mass is 10.1. The maximum Gasteiger partial charge on any atom is 0.277 e. The Morgan fingerprint density at radius 2 is 1.72 bits per heavy atom. The number of hydrogen-bond acceptors (Lipinski definition) is 5. The molecule has 4 aromatic rings. The van der Waals surface area contributed by atoms with Gasteiger partial charge >= 0.3 is 0 Å². The highest BCUT2D eigenvalue weighted by molar-refractivity contribution is 7.98. The van der Waals surface area contributed by atoms with E-state index in [4.69, 9.17) is 11.6 Å². The molecular formula is C24H20ClFN4OS. The fourth-order valence-electron chi connectivity index (χ4n) is 3.23. The van der Waals surface area contributed by atoms with Gasteiger partial charge in [-0.2, -0.15) is 4.98 Å². The molecule has 2 aromatic heterocycles. The van der Waals surface area contributed by atoms with E-state index in [-0.39, 0.29) is 11.4 Å². The van der Waals surface area contributed by atoms with Crippen LogP contribution in [-0.2, 0) is 25.1 Å². The van der Waals surface area contributed by atoms with E-state index in [1.54, 1.807) is 24.5 Å². The fraction of sp³-hybridized carbons (Fsp3) is 0.167. The van der Waals surface area contributed by atoms with Crippen molar-refractivity contribution in [2.24, 2.45) is 0 Å². The largest absolute Gasteiger partial charge is 0.327 e. The van der Waals surface area contributed by atoms with Crippen LogP contribution in [0.1, 0.15) is 22.3 Å². The summed E-state index contributed by atoms with van der Waals surface area (Å²) in [6, 6.07) is 14.0. The molecule has 2 aromatic carbocycles. The number of benzene rings is 2. The van der Waals surface area contributed by atoms with Crippen LogP contribution >= 0.6 is 23.4 Å². The lowest BCUT2D eigenvalue weighted by Crippen LogP contribution is -2.20. The average molecular weight is 467 g/mol. The molecule has 4 rings (SSSR count). The molecule has 0 aliphatic heterocycles. The van der Waals surface area contributed by atoms with Crippen LogP contribution in [0.3, 0.4) is 0 Å². The SMILES string of the molecule is O=c1nc(SCc2ccc(F)cc2)n(CCc2ccccc2Cl)cc1Cc1cncnc1. The van der Waals surface area contributed by atoms with Gasteiger partial charge in [0.2, 0.25) is 0 Å². The van der Waals surface area contributed by atoms with Crippen molar-refractivity contribution in [3.8, 4) is 0 Å². The minimum atomic E-state index is -0.275. The summed E-state index contributed by atoms with van der Waals surface area (Å²) in [6.45, 7) is 0.612. The molecule has 0 aliphatic carbocycles. The molecule has 0 aliphatic rings. The summed E-state index contributed by atoms with van der Waals surface area (Å²) in [5.41, 5.74) is 3.12. The second-order valence-corrected chi connectivity index (χ2v) is 8.58. The number of aromatic nitrogens is 4. The Morgan fingerprint density at radius 1 is 0.969 bits per heavy atom. The molecule has 0 bridgehead atoms. The highest BCUT2D eigenvalue weighted by Crippen LogP contribution is 2.22. The summed E-state index contributed by atoms with van der Waals surface area (Å²) in [4.78, 5) is 25.1. The smallest absolute Gasteiger partial charge is 0.277 e. The van der Waals surface area contributed by atoms with Gasteiger partial charge in [-0.1, -0.05) is 53.7 Å². The number of hydrogen-bond donors (Lipinski definition) is 0. The minimum Gasteiger partial charge on any atom is -0.327 e. The van der Waals surface area contributed by atoms with Crippen molar-refractivity contribution in [2.45, 2.75) is 30.3 Å². The van der Waals surface area contributed by atoms with Gasteiger partial charge in [-0.15, -0.1) is 0 Å². The maximum atomic E-state index is 13.2. The monoisotopic (exact) mass is 466 g/mol. The standard InChI is InChI=1S/C24H20ClFN4OS/c25-22-4-2-1-3-19(22)9-10-30-14-20(11-18-12-27-16-28-13-18)23(31)29-24(30)32-15-17-5-7-21(26)8-6-17/h1-8,12-14,16H,9-11,15H2. The number of halogens is 2. The second kappa shape index (κ2) is 10.5. The molecular weight excluding hydrogens is 447 g/mol. The predicted molar refractivity (Wildman–Crippen MR) is 124 cm³/mol. The molecule has 0 fully saturated rings. The van der Waals surface area contributed by atoms with Crippen molar-refractivity contribution in [1.29, 1.82) is 0 Å². The van der Waals surface area contributed by atoms with E-state index in [0.29, 0.717) is 40.9 Å². The molecule has 0 saturated heterocycles. The molecule has 0 amide bonds. The summed E-state index contributed by atoms with van der Waals surface area (Å²) in [7, 11) is 0. The van der Waals surface area contributed by atoms with Gasteiger partial charge in [-0.25, -0.2) is 14.4 Å². The van der Waals surface area contributed by atoms with Gasteiger partial charge in [-0.05, 0) is 41.3 Å². The van der Waals surface area contributed by atoms with Crippen LogP contribution in [0.2, 0.25) is 5.02 Å². The molecule has 2 heterocycles. The summed E-state index contributed by atoms with van der Waals surface area (Å²) in [5.74, 6) is 0.299. The second-order valence-electron chi connectivity index (χ2n) is 7.23. The van der Waals surface area contributed by atoms with Crippen LogP contribution in [0.5, 0.6) is 0 Å². The number of rotatable bonds is 8. The molecule has 0 unspecified atom stereocenters. The first-order valence-electron chi connectivity index (χ1n) is 10.0. The van der Waals surface area contributed by atoms with Crippen molar-refractivity contribution < 1.29 is 4.39 Å². The van der Waals surface area contributed by atoms with E-state index >= 15 is 0 Å². The molecule has 0 spiro atoms. The Balaban J connectivity index is 1.60. The van der Waals surface area contributed by atoms with Gasteiger partial charge in [0.15, 0.2) is 5.16 Å². The number of thioether (sulfide) groups is 1.